The van der Waals surface area contributed by atoms with Crippen molar-refractivity contribution < 1.29 is 28.6 Å². The highest BCUT2D eigenvalue weighted by Gasteiger charge is 2.19. The van der Waals surface area contributed by atoms with Crippen LogP contribution in [0.25, 0.3) is 0 Å². The lowest BCUT2D eigenvalue weighted by molar-refractivity contribution is -0.167. The first-order valence-corrected chi connectivity index (χ1v) is 32.2. The van der Waals surface area contributed by atoms with Crippen LogP contribution in [0.3, 0.4) is 0 Å². The van der Waals surface area contributed by atoms with E-state index in [-0.39, 0.29) is 31.1 Å². The largest absolute Gasteiger partial charge is 0.462 e. The van der Waals surface area contributed by atoms with Gasteiger partial charge in [0.05, 0.1) is 0 Å². The van der Waals surface area contributed by atoms with Gasteiger partial charge in [-0.1, -0.05) is 264 Å². The maximum Gasteiger partial charge on any atom is 0.306 e. The minimum absolute atomic E-state index is 0.0973. The fourth-order valence-corrected chi connectivity index (χ4v) is 8.61. The minimum atomic E-state index is -0.804. The Hall–Kier alpha value is -4.45. The van der Waals surface area contributed by atoms with E-state index >= 15 is 0 Å². The first kappa shape index (κ1) is 73.5. The van der Waals surface area contributed by atoms with E-state index in [0.29, 0.717) is 19.3 Å². The molecule has 442 valence electrons. The third-order valence-corrected chi connectivity index (χ3v) is 13.4. The van der Waals surface area contributed by atoms with Gasteiger partial charge in [-0.05, 0) is 135 Å². The number of rotatable bonds is 57. The van der Waals surface area contributed by atoms with Gasteiger partial charge in [-0.25, -0.2) is 0 Å². The summed E-state index contributed by atoms with van der Waals surface area (Å²) in [5.41, 5.74) is 0. The van der Waals surface area contributed by atoms with E-state index in [0.717, 1.165) is 154 Å². The second kappa shape index (κ2) is 65.1. The lowest BCUT2D eigenvalue weighted by atomic mass is 10.0. The lowest BCUT2D eigenvalue weighted by Crippen LogP contribution is -2.30. The summed E-state index contributed by atoms with van der Waals surface area (Å²) in [7, 11) is 0. The standard InChI is InChI=1S/C72H118O6/c1-4-7-10-13-16-19-22-25-28-31-32-33-34-35-36-37-38-39-40-42-44-47-50-53-56-59-62-65-71(74)77-68-69(67-76-70(73)64-61-58-55-52-49-46-43-30-27-24-21-18-15-12-9-6-3)78-72(75)66-63-60-57-54-51-48-45-41-29-26-23-20-17-14-11-8-5-2/h7-8,10-11,16-17,19-21,24-26,28-30,32-33,35-36,43,45,48,69H,4-6,9,12-15,18,22-23,27,31,34,37-42,44,46-47,49-68H2,1-3H3/b10-7-,11-8-,19-16-,20-17-,24-21-,28-25-,29-26-,33-32-,36-35-,43-30-,48-45-. The highest BCUT2D eigenvalue weighted by molar-refractivity contribution is 5.71. The van der Waals surface area contributed by atoms with Crippen LogP contribution in [-0.2, 0) is 28.6 Å². The number of unbranched alkanes of at least 4 members (excludes halogenated alkanes) is 24. The van der Waals surface area contributed by atoms with Crippen LogP contribution in [0, 0.1) is 0 Å². The van der Waals surface area contributed by atoms with Crippen molar-refractivity contribution in [3.05, 3.63) is 134 Å². The highest BCUT2D eigenvalue weighted by Crippen LogP contribution is 2.15. The number of allylic oxidation sites excluding steroid dienone is 22. The molecule has 0 radical (unpaired) electrons. The third kappa shape index (κ3) is 62.4. The zero-order chi connectivity index (χ0) is 56.4. The zero-order valence-corrected chi connectivity index (χ0v) is 50.6. The molecule has 0 amide bonds. The molecule has 6 heteroatoms. The fourth-order valence-electron chi connectivity index (χ4n) is 8.61. The number of esters is 3. The van der Waals surface area contributed by atoms with E-state index in [1.54, 1.807) is 0 Å². The molecule has 0 saturated heterocycles. The minimum Gasteiger partial charge on any atom is -0.462 e. The van der Waals surface area contributed by atoms with Gasteiger partial charge in [-0.3, -0.25) is 14.4 Å². The fraction of sp³-hybridized carbons (Fsp3) is 0.653. The summed E-state index contributed by atoms with van der Waals surface area (Å²) >= 11 is 0. The van der Waals surface area contributed by atoms with Gasteiger partial charge in [0.1, 0.15) is 13.2 Å². The van der Waals surface area contributed by atoms with E-state index in [4.69, 9.17) is 14.2 Å². The molecule has 1 unspecified atom stereocenters. The molecule has 0 saturated carbocycles. The summed E-state index contributed by atoms with van der Waals surface area (Å²) in [5.74, 6) is -0.935. The van der Waals surface area contributed by atoms with Gasteiger partial charge in [-0.15, -0.1) is 0 Å². The molecule has 0 aromatic rings. The van der Waals surface area contributed by atoms with Crippen LogP contribution >= 0.6 is 0 Å². The van der Waals surface area contributed by atoms with Gasteiger partial charge < -0.3 is 14.2 Å². The van der Waals surface area contributed by atoms with Gasteiger partial charge in [0, 0.05) is 19.3 Å². The SMILES string of the molecule is CC/C=C\C/C=C\C/C=C\C/C=C\C/C=C\CCCCCCCCCCCCCC(=O)OCC(COC(=O)CCCCCCC/C=C\C/C=C\CCCCCC)OC(=O)CCCCCC/C=C\C/C=C\C/C=C\C/C=C\CC. The molecule has 0 N–H and O–H groups in total. The molecule has 78 heavy (non-hydrogen) atoms. The third-order valence-electron chi connectivity index (χ3n) is 13.4. The number of hydrogen-bond acceptors (Lipinski definition) is 6. The first-order chi connectivity index (χ1) is 38.5. The molecule has 1 atom stereocenters. The Morgan fingerprint density at radius 2 is 0.500 bits per heavy atom. The Morgan fingerprint density at radius 3 is 0.782 bits per heavy atom. The molecule has 0 aliphatic heterocycles. The Kier molecular flexibility index (Phi) is 61.4. The quantitative estimate of drug-likeness (QED) is 0.0261. The number of ether oxygens (including phenoxy) is 3. The molecule has 6 nitrogen and oxygen atoms in total. The van der Waals surface area contributed by atoms with E-state index in [2.05, 4.69) is 154 Å². The van der Waals surface area contributed by atoms with E-state index in [1.165, 1.54) is 89.9 Å². The molecule has 0 fully saturated rings. The predicted molar refractivity (Wildman–Crippen MR) is 339 cm³/mol. The molecule has 0 aromatic carbocycles. The molecule has 0 bridgehead atoms. The van der Waals surface area contributed by atoms with Crippen LogP contribution < -0.4 is 0 Å². The van der Waals surface area contributed by atoms with E-state index < -0.39 is 6.10 Å². The van der Waals surface area contributed by atoms with Crippen molar-refractivity contribution in [2.75, 3.05) is 13.2 Å². The van der Waals surface area contributed by atoms with Crippen molar-refractivity contribution in [2.45, 2.75) is 290 Å². The average molecular weight is 1080 g/mol. The second-order valence-electron chi connectivity index (χ2n) is 20.9. The molecular weight excluding hydrogens is 961 g/mol. The van der Waals surface area contributed by atoms with Crippen LogP contribution in [0.2, 0.25) is 0 Å². The summed E-state index contributed by atoms with van der Waals surface area (Å²) in [5, 5.41) is 0. The van der Waals surface area contributed by atoms with Gasteiger partial charge in [0.2, 0.25) is 0 Å². The van der Waals surface area contributed by atoms with Crippen LogP contribution in [0.5, 0.6) is 0 Å². The Morgan fingerprint density at radius 1 is 0.269 bits per heavy atom. The van der Waals surface area contributed by atoms with E-state index in [1.807, 2.05) is 0 Å². The van der Waals surface area contributed by atoms with Crippen molar-refractivity contribution >= 4 is 17.9 Å². The number of carbonyl (C=O) groups excluding carboxylic acids is 3. The highest BCUT2D eigenvalue weighted by atomic mass is 16.6. The van der Waals surface area contributed by atoms with Crippen molar-refractivity contribution in [1.82, 2.24) is 0 Å². The smallest absolute Gasteiger partial charge is 0.306 e. The Bertz CT molecular complexity index is 1670. The van der Waals surface area contributed by atoms with Crippen molar-refractivity contribution in [3.8, 4) is 0 Å². The van der Waals surface area contributed by atoms with Crippen LogP contribution in [0.1, 0.15) is 284 Å². The zero-order valence-electron chi connectivity index (χ0n) is 50.6. The van der Waals surface area contributed by atoms with Crippen molar-refractivity contribution in [3.63, 3.8) is 0 Å². The van der Waals surface area contributed by atoms with E-state index in [9.17, 15) is 14.4 Å². The number of hydrogen-bond donors (Lipinski definition) is 0. The Labute approximate surface area is 481 Å². The van der Waals surface area contributed by atoms with Crippen LogP contribution in [-0.4, -0.2) is 37.2 Å². The summed E-state index contributed by atoms with van der Waals surface area (Å²) in [6, 6.07) is 0. The van der Waals surface area contributed by atoms with Gasteiger partial charge >= 0.3 is 17.9 Å². The van der Waals surface area contributed by atoms with Gasteiger partial charge in [0.15, 0.2) is 6.10 Å². The predicted octanol–water partition coefficient (Wildman–Crippen LogP) is 22.2. The average Bonchev–Trinajstić information content (AvgIpc) is 3.44. The molecule has 0 heterocycles. The molecule has 0 aliphatic rings. The molecule has 0 rings (SSSR count). The summed E-state index contributed by atoms with van der Waals surface area (Å²) in [4.78, 5) is 38.3. The maximum atomic E-state index is 12.9. The Balaban J connectivity index is 4.39. The van der Waals surface area contributed by atoms with Crippen molar-refractivity contribution in [2.24, 2.45) is 0 Å². The normalized spacial score (nSPS) is 13.0. The molecule has 0 spiro atoms. The maximum absolute atomic E-state index is 12.9. The topological polar surface area (TPSA) is 78.9 Å². The first-order valence-electron chi connectivity index (χ1n) is 32.2. The number of carbonyl (C=O) groups is 3. The summed E-state index contributed by atoms with van der Waals surface area (Å²) < 4.78 is 16.9. The monoisotopic (exact) mass is 1080 g/mol. The van der Waals surface area contributed by atoms with Crippen molar-refractivity contribution in [1.29, 1.82) is 0 Å². The summed E-state index contributed by atoms with van der Waals surface area (Å²) in [6.45, 7) is 6.37. The van der Waals surface area contributed by atoms with Crippen LogP contribution in [0.4, 0.5) is 0 Å². The van der Waals surface area contributed by atoms with Gasteiger partial charge in [-0.2, -0.15) is 0 Å². The second-order valence-corrected chi connectivity index (χ2v) is 20.9. The molecular formula is C72H118O6. The molecule has 0 aromatic heterocycles. The van der Waals surface area contributed by atoms with Gasteiger partial charge in [0.25, 0.3) is 0 Å². The lowest BCUT2D eigenvalue weighted by Gasteiger charge is -2.18. The van der Waals surface area contributed by atoms with Crippen LogP contribution in [0.15, 0.2) is 134 Å². The molecule has 0 aliphatic carbocycles. The summed E-state index contributed by atoms with van der Waals surface area (Å²) in [6.07, 6.45) is 91.7.